The number of amides is 1. The predicted molar refractivity (Wildman–Crippen MR) is 86.7 cm³/mol. The Hall–Kier alpha value is -2.29. The van der Waals surface area contributed by atoms with Crippen molar-refractivity contribution in [3.05, 3.63) is 29.8 Å². The first-order valence-corrected chi connectivity index (χ1v) is 8.19. The normalized spacial score (nSPS) is 15.6. The van der Waals surface area contributed by atoms with Crippen molar-refractivity contribution in [2.75, 3.05) is 45.9 Å². The lowest BCUT2D eigenvalue weighted by molar-refractivity contribution is -0.187. The van der Waals surface area contributed by atoms with E-state index in [1.165, 1.54) is 0 Å². The van der Waals surface area contributed by atoms with Crippen molar-refractivity contribution >= 4 is 11.9 Å². The Morgan fingerprint density at radius 3 is 2.27 bits per heavy atom. The highest BCUT2D eigenvalue weighted by atomic mass is 19.4. The lowest BCUT2D eigenvalue weighted by Gasteiger charge is -2.34. The van der Waals surface area contributed by atoms with Crippen LogP contribution in [0.4, 0.5) is 13.2 Å². The van der Waals surface area contributed by atoms with Crippen molar-refractivity contribution < 1.29 is 32.2 Å². The number of hydrogen-bond acceptors (Lipinski definition) is 5. The fourth-order valence-electron chi connectivity index (χ4n) is 2.46. The third-order valence-electron chi connectivity index (χ3n) is 3.95. The SMILES string of the molecule is Cc1ccc(OCC(=O)OCCN2CCN(C(=O)C(F)(F)F)CC2)cc1. The Morgan fingerprint density at radius 2 is 1.69 bits per heavy atom. The molecule has 0 N–H and O–H groups in total. The molecule has 6 nitrogen and oxygen atoms in total. The molecular formula is C17H21F3N2O4. The molecule has 144 valence electrons. The number of hydrogen-bond donors (Lipinski definition) is 0. The van der Waals surface area contributed by atoms with Gasteiger partial charge >= 0.3 is 18.1 Å². The molecule has 0 radical (unpaired) electrons. The van der Waals surface area contributed by atoms with Crippen molar-refractivity contribution in [1.82, 2.24) is 9.80 Å². The van der Waals surface area contributed by atoms with Gasteiger partial charge in [-0.3, -0.25) is 9.69 Å². The zero-order valence-electron chi connectivity index (χ0n) is 14.4. The van der Waals surface area contributed by atoms with E-state index in [2.05, 4.69) is 0 Å². The summed E-state index contributed by atoms with van der Waals surface area (Å²) >= 11 is 0. The van der Waals surface area contributed by atoms with Crippen molar-refractivity contribution in [3.8, 4) is 5.75 Å². The number of benzene rings is 1. The van der Waals surface area contributed by atoms with Crippen LogP contribution in [0.25, 0.3) is 0 Å². The summed E-state index contributed by atoms with van der Waals surface area (Å²) in [6.07, 6.45) is -4.84. The average Bonchev–Trinajstić information content (AvgIpc) is 2.60. The van der Waals surface area contributed by atoms with Gasteiger partial charge in [0.25, 0.3) is 0 Å². The van der Waals surface area contributed by atoms with Gasteiger partial charge in [-0.15, -0.1) is 0 Å². The first kappa shape index (κ1) is 20.0. The molecule has 1 saturated heterocycles. The molecule has 0 aromatic heterocycles. The summed E-state index contributed by atoms with van der Waals surface area (Å²) in [6.45, 7) is 2.85. The molecule has 0 aliphatic carbocycles. The smallest absolute Gasteiger partial charge is 0.471 e. The number of halogens is 3. The van der Waals surface area contributed by atoms with Crippen LogP contribution in [0.2, 0.25) is 0 Å². The lowest BCUT2D eigenvalue weighted by Crippen LogP contribution is -2.52. The van der Waals surface area contributed by atoms with Gasteiger partial charge in [0.2, 0.25) is 0 Å². The van der Waals surface area contributed by atoms with Gasteiger partial charge in [0, 0.05) is 32.7 Å². The number of rotatable bonds is 6. The van der Waals surface area contributed by atoms with Gasteiger partial charge in [-0.05, 0) is 19.1 Å². The zero-order valence-corrected chi connectivity index (χ0v) is 14.4. The van der Waals surface area contributed by atoms with E-state index in [0.29, 0.717) is 25.4 Å². The molecule has 1 heterocycles. The number of nitrogens with zero attached hydrogens (tertiary/aromatic N) is 2. The molecule has 26 heavy (non-hydrogen) atoms. The zero-order chi connectivity index (χ0) is 19.2. The monoisotopic (exact) mass is 374 g/mol. The maximum atomic E-state index is 12.4. The van der Waals surface area contributed by atoms with Crippen LogP contribution < -0.4 is 4.74 Å². The Bertz CT molecular complexity index is 611. The van der Waals surface area contributed by atoms with Crippen molar-refractivity contribution in [3.63, 3.8) is 0 Å². The Balaban J connectivity index is 1.61. The summed E-state index contributed by atoms with van der Waals surface area (Å²) in [5, 5.41) is 0. The number of aryl methyl sites for hydroxylation is 1. The van der Waals surface area contributed by atoms with Gasteiger partial charge in [0.1, 0.15) is 12.4 Å². The second kappa shape index (κ2) is 8.88. The highest BCUT2D eigenvalue weighted by Gasteiger charge is 2.43. The van der Waals surface area contributed by atoms with Crippen LogP contribution in [-0.4, -0.2) is 73.8 Å². The van der Waals surface area contributed by atoms with E-state index in [0.717, 1.165) is 10.5 Å². The Kier molecular flexibility index (Phi) is 6.84. The van der Waals surface area contributed by atoms with Crippen LogP contribution in [0, 0.1) is 6.92 Å². The van der Waals surface area contributed by atoms with Gasteiger partial charge in [0.15, 0.2) is 6.61 Å². The van der Waals surface area contributed by atoms with Crippen molar-refractivity contribution in [2.24, 2.45) is 0 Å². The number of ether oxygens (including phenoxy) is 2. The number of carbonyl (C=O) groups excluding carboxylic acids is 2. The molecule has 0 bridgehead atoms. The summed E-state index contributed by atoms with van der Waals surface area (Å²) in [7, 11) is 0. The first-order valence-electron chi connectivity index (χ1n) is 8.19. The molecule has 1 aliphatic heterocycles. The van der Waals surface area contributed by atoms with Crippen LogP contribution in [0.5, 0.6) is 5.75 Å². The van der Waals surface area contributed by atoms with Gasteiger partial charge in [-0.2, -0.15) is 13.2 Å². The fourth-order valence-corrected chi connectivity index (χ4v) is 2.46. The molecule has 0 atom stereocenters. The third-order valence-corrected chi connectivity index (χ3v) is 3.95. The summed E-state index contributed by atoms with van der Waals surface area (Å²) in [6, 6.07) is 7.24. The molecule has 1 fully saturated rings. The van der Waals surface area contributed by atoms with Gasteiger partial charge in [0.05, 0.1) is 0 Å². The molecule has 2 rings (SSSR count). The molecule has 0 spiro atoms. The molecule has 9 heteroatoms. The van der Waals surface area contributed by atoms with Crippen LogP contribution in [0.3, 0.4) is 0 Å². The van der Waals surface area contributed by atoms with Crippen LogP contribution in [0.15, 0.2) is 24.3 Å². The summed E-state index contributed by atoms with van der Waals surface area (Å²) < 4.78 is 47.4. The predicted octanol–water partition coefficient (Wildman–Crippen LogP) is 1.62. The van der Waals surface area contributed by atoms with Gasteiger partial charge < -0.3 is 14.4 Å². The van der Waals surface area contributed by atoms with E-state index < -0.39 is 18.1 Å². The van der Waals surface area contributed by atoms with Crippen LogP contribution >= 0.6 is 0 Å². The minimum atomic E-state index is -4.84. The second-order valence-corrected chi connectivity index (χ2v) is 5.95. The van der Waals surface area contributed by atoms with Crippen LogP contribution in [-0.2, 0) is 14.3 Å². The van der Waals surface area contributed by atoms with E-state index in [4.69, 9.17) is 9.47 Å². The standard InChI is InChI=1S/C17H21F3N2O4/c1-13-2-4-14(5-3-13)26-12-15(23)25-11-10-21-6-8-22(9-7-21)16(24)17(18,19)20/h2-5H,6-12H2,1H3. The largest absolute Gasteiger partial charge is 0.482 e. The van der Waals surface area contributed by atoms with E-state index in [1.807, 2.05) is 24.0 Å². The minimum absolute atomic E-state index is 0.00280. The lowest BCUT2D eigenvalue weighted by atomic mass is 10.2. The Labute approximate surface area is 149 Å². The van der Waals surface area contributed by atoms with E-state index in [9.17, 15) is 22.8 Å². The number of alkyl halides is 3. The van der Waals surface area contributed by atoms with E-state index in [1.54, 1.807) is 12.1 Å². The van der Waals surface area contributed by atoms with Crippen molar-refractivity contribution in [2.45, 2.75) is 13.1 Å². The van der Waals surface area contributed by atoms with E-state index >= 15 is 0 Å². The molecule has 1 aliphatic rings. The summed E-state index contributed by atoms with van der Waals surface area (Å²) in [5.74, 6) is -1.76. The summed E-state index contributed by atoms with van der Waals surface area (Å²) in [5.41, 5.74) is 1.08. The van der Waals surface area contributed by atoms with Gasteiger partial charge in [-0.25, -0.2) is 4.79 Å². The molecule has 0 unspecified atom stereocenters. The molecule has 0 saturated carbocycles. The quantitative estimate of drug-likeness (QED) is 0.709. The highest BCUT2D eigenvalue weighted by Crippen LogP contribution is 2.19. The average molecular weight is 374 g/mol. The molecule has 1 amide bonds. The maximum absolute atomic E-state index is 12.4. The van der Waals surface area contributed by atoms with Crippen molar-refractivity contribution in [1.29, 1.82) is 0 Å². The van der Waals surface area contributed by atoms with E-state index in [-0.39, 0.29) is 26.3 Å². The minimum Gasteiger partial charge on any atom is -0.482 e. The topological polar surface area (TPSA) is 59.1 Å². The second-order valence-electron chi connectivity index (χ2n) is 5.95. The van der Waals surface area contributed by atoms with Gasteiger partial charge in [-0.1, -0.05) is 17.7 Å². The highest BCUT2D eigenvalue weighted by molar-refractivity contribution is 5.81. The molecule has 1 aromatic carbocycles. The number of piperazine rings is 1. The number of esters is 1. The Morgan fingerprint density at radius 1 is 1.08 bits per heavy atom. The third kappa shape index (κ3) is 6.21. The molecular weight excluding hydrogens is 353 g/mol. The van der Waals surface area contributed by atoms with Crippen LogP contribution in [0.1, 0.15) is 5.56 Å². The summed E-state index contributed by atoms with van der Waals surface area (Å²) in [4.78, 5) is 25.4. The molecule has 1 aromatic rings. The maximum Gasteiger partial charge on any atom is 0.471 e. The number of carbonyl (C=O) groups is 2. The fraction of sp³-hybridized carbons (Fsp3) is 0.529. The first-order chi connectivity index (χ1) is 12.3.